The Morgan fingerprint density at radius 3 is 2.73 bits per heavy atom. The second kappa shape index (κ2) is 5.79. The van der Waals surface area contributed by atoms with Crippen LogP contribution >= 0.6 is 22.6 Å². The average Bonchev–Trinajstić information content (AvgIpc) is 2.44. The molecule has 0 aromatic carbocycles. The van der Waals surface area contributed by atoms with Gasteiger partial charge in [0.05, 0.1) is 4.05 Å². The van der Waals surface area contributed by atoms with Crippen molar-refractivity contribution in [2.45, 2.75) is 30.7 Å². The first kappa shape index (κ1) is 12.9. The second-order valence-electron chi connectivity index (χ2n) is 3.76. The van der Waals surface area contributed by atoms with Crippen LogP contribution in [0.3, 0.4) is 0 Å². The van der Waals surface area contributed by atoms with E-state index in [1.807, 2.05) is 13.8 Å². The predicted molar refractivity (Wildman–Crippen MR) is 66.6 cm³/mol. The molecule has 2 atom stereocenters. The summed E-state index contributed by atoms with van der Waals surface area (Å²) < 4.78 is 0.359. The molecule has 1 aliphatic rings. The Morgan fingerprint density at radius 1 is 1.60 bits per heavy atom. The quantitative estimate of drug-likeness (QED) is 0.357. The third-order valence-corrected chi connectivity index (χ3v) is 3.03. The number of alkyl halides is 1. The predicted octanol–water partition coefficient (Wildman–Crippen LogP) is 1.14. The molecule has 1 heterocycles. The van der Waals surface area contributed by atoms with Gasteiger partial charge in [0.25, 0.3) is 0 Å². The summed E-state index contributed by atoms with van der Waals surface area (Å²) in [7, 11) is 0. The van der Waals surface area contributed by atoms with Crippen LogP contribution < -0.4 is 5.32 Å². The summed E-state index contributed by atoms with van der Waals surface area (Å²) in [5.74, 6) is -0.0882. The first-order chi connectivity index (χ1) is 7.06. The van der Waals surface area contributed by atoms with Crippen molar-refractivity contribution >= 4 is 34.4 Å². The molecule has 4 nitrogen and oxygen atoms in total. The summed E-state index contributed by atoms with van der Waals surface area (Å²) in [5, 5.41) is 3.19. The molecular weight excluding hydrogens is 307 g/mol. The van der Waals surface area contributed by atoms with E-state index in [1.165, 1.54) is 4.90 Å². The number of carbonyl (C=O) groups excluding carboxylic acids is 2. The van der Waals surface area contributed by atoms with Crippen LogP contribution in [0.15, 0.2) is 0 Å². The Hall–Kier alpha value is -0.170. The fraction of sp³-hybridized carbons (Fsp3) is 0.800. The molecule has 1 unspecified atom stereocenters. The minimum Gasteiger partial charge on any atom is -0.304 e. The lowest BCUT2D eigenvalue weighted by molar-refractivity contribution is -0.139. The number of hydrogen-bond donors (Lipinski definition) is 1. The highest BCUT2D eigenvalue weighted by Crippen LogP contribution is 2.21. The standard InChI is InChI=1S/C10H17IN2O2/c1-3-8-6-9(14)13(10(8)15)5-4-12-7(2)11/h7-8,12H,3-6H2,1-2H3/t7-,8?/m0/s1. The number of imide groups is 1. The second-order valence-corrected chi connectivity index (χ2v) is 5.63. The number of rotatable bonds is 5. The van der Waals surface area contributed by atoms with Gasteiger partial charge in [-0.1, -0.05) is 29.5 Å². The first-order valence-corrected chi connectivity index (χ1v) is 6.52. The van der Waals surface area contributed by atoms with Gasteiger partial charge in [0.15, 0.2) is 0 Å². The van der Waals surface area contributed by atoms with E-state index in [4.69, 9.17) is 0 Å². The molecule has 1 N–H and O–H groups in total. The van der Waals surface area contributed by atoms with Gasteiger partial charge in [-0.15, -0.1) is 0 Å². The van der Waals surface area contributed by atoms with Crippen molar-refractivity contribution in [2.24, 2.45) is 5.92 Å². The SMILES string of the molecule is CCC1CC(=O)N(CCN[C@@H](C)I)C1=O. The number of amides is 2. The zero-order valence-electron chi connectivity index (χ0n) is 9.12. The van der Waals surface area contributed by atoms with Gasteiger partial charge in [-0.2, -0.15) is 0 Å². The summed E-state index contributed by atoms with van der Waals surface area (Å²) in [5.41, 5.74) is 0. The molecule has 5 heteroatoms. The fourth-order valence-electron chi connectivity index (χ4n) is 1.68. The third-order valence-electron chi connectivity index (χ3n) is 2.59. The van der Waals surface area contributed by atoms with Gasteiger partial charge in [-0.05, 0) is 13.3 Å². The lowest BCUT2D eigenvalue weighted by Gasteiger charge is -2.15. The number of likely N-dealkylation sites (tertiary alicyclic amines) is 1. The monoisotopic (exact) mass is 324 g/mol. The van der Waals surface area contributed by atoms with Crippen molar-refractivity contribution in [2.75, 3.05) is 13.1 Å². The molecule has 15 heavy (non-hydrogen) atoms. The number of hydrogen-bond acceptors (Lipinski definition) is 3. The number of halogens is 1. The van der Waals surface area contributed by atoms with E-state index in [0.29, 0.717) is 23.6 Å². The number of nitrogens with zero attached hydrogens (tertiary/aromatic N) is 1. The van der Waals surface area contributed by atoms with E-state index in [1.54, 1.807) is 0 Å². The van der Waals surface area contributed by atoms with Gasteiger partial charge in [0.1, 0.15) is 0 Å². The Labute approximate surface area is 104 Å². The first-order valence-electron chi connectivity index (χ1n) is 5.28. The summed E-state index contributed by atoms with van der Waals surface area (Å²) in [6, 6.07) is 0. The summed E-state index contributed by atoms with van der Waals surface area (Å²) in [6.45, 7) is 5.16. The normalized spacial score (nSPS) is 23.7. The largest absolute Gasteiger partial charge is 0.304 e. The molecule has 0 radical (unpaired) electrons. The Morgan fingerprint density at radius 2 is 2.27 bits per heavy atom. The van der Waals surface area contributed by atoms with Crippen molar-refractivity contribution in [3.8, 4) is 0 Å². The molecule has 0 saturated carbocycles. The molecular formula is C10H17IN2O2. The van der Waals surface area contributed by atoms with Crippen LogP contribution in [0.4, 0.5) is 0 Å². The van der Waals surface area contributed by atoms with Crippen molar-refractivity contribution < 1.29 is 9.59 Å². The van der Waals surface area contributed by atoms with E-state index in [-0.39, 0.29) is 17.7 Å². The van der Waals surface area contributed by atoms with E-state index in [2.05, 4.69) is 27.9 Å². The van der Waals surface area contributed by atoms with Crippen molar-refractivity contribution in [3.05, 3.63) is 0 Å². The maximum absolute atomic E-state index is 11.7. The van der Waals surface area contributed by atoms with Crippen molar-refractivity contribution in [1.82, 2.24) is 10.2 Å². The molecule has 2 amide bonds. The molecule has 1 saturated heterocycles. The van der Waals surface area contributed by atoms with E-state index in [0.717, 1.165) is 6.42 Å². The summed E-state index contributed by atoms with van der Waals surface area (Å²) in [6.07, 6.45) is 1.16. The maximum Gasteiger partial charge on any atom is 0.232 e. The van der Waals surface area contributed by atoms with Crippen LogP contribution in [0, 0.1) is 5.92 Å². The molecule has 86 valence electrons. The fourth-order valence-corrected chi connectivity index (χ4v) is 1.99. The topological polar surface area (TPSA) is 49.4 Å². The summed E-state index contributed by atoms with van der Waals surface area (Å²) >= 11 is 2.25. The Kier molecular flexibility index (Phi) is 4.98. The zero-order chi connectivity index (χ0) is 11.4. The van der Waals surface area contributed by atoms with Crippen molar-refractivity contribution in [1.29, 1.82) is 0 Å². The molecule has 0 aromatic heterocycles. The average molecular weight is 324 g/mol. The zero-order valence-corrected chi connectivity index (χ0v) is 11.3. The van der Waals surface area contributed by atoms with Gasteiger partial charge in [-0.3, -0.25) is 14.5 Å². The van der Waals surface area contributed by atoms with Gasteiger partial charge in [0.2, 0.25) is 11.8 Å². The van der Waals surface area contributed by atoms with Gasteiger partial charge in [-0.25, -0.2) is 0 Å². The molecule has 0 aliphatic carbocycles. The van der Waals surface area contributed by atoms with Crippen LogP contribution in [-0.2, 0) is 9.59 Å². The minimum absolute atomic E-state index is 0.00501. The molecule has 1 rings (SSSR count). The highest BCUT2D eigenvalue weighted by atomic mass is 127. The van der Waals surface area contributed by atoms with Crippen LogP contribution in [0.1, 0.15) is 26.7 Å². The van der Waals surface area contributed by atoms with Crippen LogP contribution in [0.2, 0.25) is 0 Å². The van der Waals surface area contributed by atoms with Crippen LogP contribution in [0.5, 0.6) is 0 Å². The van der Waals surface area contributed by atoms with Crippen LogP contribution in [-0.4, -0.2) is 33.9 Å². The highest BCUT2D eigenvalue weighted by Gasteiger charge is 2.36. The van der Waals surface area contributed by atoms with E-state index in [9.17, 15) is 9.59 Å². The molecule has 0 aromatic rings. The smallest absolute Gasteiger partial charge is 0.232 e. The van der Waals surface area contributed by atoms with Crippen LogP contribution in [0.25, 0.3) is 0 Å². The van der Waals surface area contributed by atoms with Crippen molar-refractivity contribution in [3.63, 3.8) is 0 Å². The van der Waals surface area contributed by atoms with E-state index < -0.39 is 0 Å². The maximum atomic E-state index is 11.7. The number of nitrogens with one attached hydrogen (secondary N) is 1. The molecule has 1 fully saturated rings. The molecule has 0 spiro atoms. The summed E-state index contributed by atoms with van der Waals surface area (Å²) in [4.78, 5) is 24.6. The highest BCUT2D eigenvalue weighted by molar-refractivity contribution is 14.1. The lowest BCUT2D eigenvalue weighted by Crippen LogP contribution is -2.37. The van der Waals surface area contributed by atoms with E-state index >= 15 is 0 Å². The van der Waals surface area contributed by atoms with Gasteiger partial charge < -0.3 is 5.32 Å². The van der Waals surface area contributed by atoms with Gasteiger partial charge >= 0.3 is 0 Å². The number of carbonyl (C=O) groups is 2. The molecule has 0 bridgehead atoms. The third kappa shape index (κ3) is 3.41. The van der Waals surface area contributed by atoms with Gasteiger partial charge in [0, 0.05) is 25.4 Å². The molecule has 1 aliphatic heterocycles. The minimum atomic E-state index is -0.0745. The Bertz CT molecular complexity index is 256. The Balaban J connectivity index is 2.41. The lowest BCUT2D eigenvalue weighted by atomic mass is 10.1.